The quantitative estimate of drug-likeness (QED) is 0.207. The van der Waals surface area contributed by atoms with E-state index in [9.17, 15) is 9.90 Å². The highest BCUT2D eigenvalue weighted by Crippen LogP contribution is 2.33. The number of benzene rings is 3. The van der Waals surface area contributed by atoms with Crippen molar-refractivity contribution in [3.05, 3.63) is 81.8 Å². The second kappa shape index (κ2) is 11.0. The van der Waals surface area contributed by atoms with Gasteiger partial charge >= 0.3 is 0 Å². The highest BCUT2D eigenvalue weighted by Gasteiger charge is 2.09. The normalized spacial score (nSPS) is 11.3. The maximum Gasteiger partial charge on any atom is 0.230 e. The molecule has 1 amide bonds. The lowest BCUT2D eigenvalue weighted by molar-refractivity contribution is -0.118. The minimum Gasteiger partial charge on any atom is -0.506 e. The van der Waals surface area contributed by atoms with Crippen molar-refractivity contribution in [2.24, 2.45) is 4.99 Å². The van der Waals surface area contributed by atoms with Crippen LogP contribution in [0.2, 0.25) is 10.0 Å². The van der Waals surface area contributed by atoms with Crippen molar-refractivity contribution in [2.75, 3.05) is 12.3 Å². The van der Waals surface area contributed by atoms with Crippen LogP contribution in [0, 0.1) is 0 Å². The first-order valence-corrected chi connectivity index (χ1v) is 12.6. The largest absolute Gasteiger partial charge is 0.506 e. The molecule has 168 valence electrons. The summed E-state index contributed by atoms with van der Waals surface area (Å²) in [6, 6.07) is 18.8. The first kappa shape index (κ1) is 23.6. The lowest BCUT2D eigenvalue weighted by atomic mass is 10.1. The van der Waals surface area contributed by atoms with Gasteiger partial charge in [-0.05, 0) is 42.3 Å². The summed E-state index contributed by atoms with van der Waals surface area (Å²) >= 11 is 14.9. The summed E-state index contributed by atoms with van der Waals surface area (Å²) in [6.07, 6.45) is 2.32. The van der Waals surface area contributed by atoms with Crippen LogP contribution in [0.15, 0.2) is 70.0 Å². The molecule has 0 fully saturated rings. The Kier molecular flexibility index (Phi) is 7.88. The van der Waals surface area contributed by atoms with E-state index in [1.807, 2.05) is 48.5 Å². The molecule has 2 N–H and O–H groups in total. The molecule has 0 spiro atoms. The number of nitrogens with one attached hydrogen (secondary N) is 1. The van der Waals surface area contributed by atoms with Crippen LogP contribution in [0.5, 0.6) is 5.75 Å². The molecule has 0 aliphatic rings. The van der Waals surface area contributed by atoms with Crippen molar-refractivity contribution in [3.63, 3.8) is 0 Å². The standard InChI is InChI=1S/C24H19Cl2N3O2S2/c25-17-10-16(23(31)19(26)11-17)13-28-18-6-7-20-21(12-18)33-24(29-20)32-14-22(30)27-9-8-15-4-2-1-3-5-15/h1-7,10-13,31H,8-9,14H2,(H,27,30). The number of halogens is 2. The molecule has 9 heteroatoms. The van der Waals surface area contributed by atoms with Crippen LogP contribution in [0.25, 0.3) is 10.2 Å². The van der Waals surface area contributed by atoms with Gasteiger partial charge in [-0.3, -0.25) is 9.79 Å². The highest BCUT2D eigenvalue weighted by atomic mass is 35.5. The Hall–Kier alpha value is -2.58. The summed E-state index contributed by atoms with van der Waals surface area (Å²) in [5, 5.41) is 13.6. The third-order valence-corrected chi connectivity index (χ3v) is 7.34. The van der Waals surface area contributed by atoms with Crippen LogP contribution < -0.4 is 5.32 Å². The summed E-state index contributed by atoms with van der Waals surface area (Å²) in [7, 11) is 0. The minimum atomic E-state index is -0.0654. The van der Waals surface area contributed by atoms with E-state index in [0.29, 0.717) is 28.6 Å². The predicted octanol–water partition coefficient (Wildman–Crippen LogP) is 6.51. The Labute approximate surface area is 209 Å². The summed E-state index contributed by atoms with van der Waals surface area (Å²) in [5.74, 6) is 0.235. The molecule has 0 unspecified atom stereocenters. The van der Waals surface area contributed by atoms with Gasteiger partial charge in [-0.25, -0.2) is 4.98 Å². The number of fused-ring (bicyclic) bond motifs is 1. The fourth-order valence-corrected chi connectivity index (χ4v) is 5.47. The number of aliphatic imine (C=N–C) groups is 1. The van der Waals surface area contributed by atoms with Gasteiger partial charge in [0.1, 0.15) is 5.75 Å². The molecular formula is C24H19Cl2N3O2S2. The summed E-state index contributed by atoms with van der Waals surface area (Å²) < 4.78 is 1.79. The molecule has 0 bridgehead atoms. The average Bonchev–Trinajstić information content (AvgIpc) is 3.22. The summed E-state index contributed by atoms with van der Waals surface area (Å²) in [5.41, 5.74) is 3.19. The van der Waals surface area contributed by atoms with Gasteiger partial charge in [-0.2, -0.15) is 0 Å². The molecule has 1 heterocycles. The Morgan fingerprint density at radius 2 is 1.97 bits per heavy atom. The lowest BCUT2D eigenvalue weighted by Gasteiger charge is -2.04. The fraction of sp³-hybridized carbons (Fsp3) is 0.125. The first-order chi connectivity index (χ1) is 16.0. The topological polar surface area (TPSA) is 74.6 Å². The molecule has 4 aromatic rings. The molecule has 0 radical (unpaired) electrons. The lowest BCUT2D eigenvalue weighted by Crippen LogP contribution is -2.27. The Morgan fingerprint density at radius 1 is 1.15 bits per heavy atom. The molecule has 0 atom stereocenters. The van der Waals surface area contributed by atoms with Crippen LogP contribution in [0.3, 0.4) is 0 Å². The van der Waals surface area contributed by atoms with E-state index >= 15 is 0 Å². The van der Waals surface area contributed by atoms with Crippen molar-refractivity contribution < 1.29 is 9.90 Å². The molecule has 4 rings (SSSR count). The number of nitrogens with zero attached hydrogens (tertiary/aromatic N) is 2. The van der Waals surface area contributed by atoms with E-state index in [2.05, 4.69) is 15.3 Å². The maximum absolute atomic E-state index is 12.2. The van der Waals surface area contributed by atoms with Crippen LogP contribution >= 0.6 is 46.3 Å². The number of carbonyl (C=O) groups excluding carboxylic acids is 1. The predicted molar refractivity (Wildman–Crippen MR) is 139 cm³/mol. The van der Waals surface area contributed by atoms with Gasteiger partial charge in [0.2, 0.25) is 5.91 Å². The number of thiazole rings is 1. The van der Waals surface area contributed by atoms with Gasteiger partial charge in [0.25, 0.3) is 0 Å². The van der Waals surface area contributed by atoms with E-state index in [0.717, 1.165) is 21.0 Å². The second-order valence-electron chi connectivity index (χ2n) is 7.09. The SMILES string of the molecule is O=C(CSc1nc2ccc(N=Cc3cc(Cl)cc(Cl)c3O)cc2s1)NCCc1ccccc1. The summed E-state index contributed by atoms with van der Waals surface area (Å²) in [6.45, 7) is 0.609. The maximum atomic E-state index is 12.2. The van der Waals surface area contributed by atoms with Gasteiger partial charge in [0.05, 0.1) is 26.7 Å². The van der Waals surface area contributed by atoms with Crippen molar-refractivity contribution in [1.82, 2.24) is 10.3 Å². The van der Waals surface area contributed by atoms with Gasteiger partial charge in [0, 0.05) is 23.3 Å². The molecule has 0 aliphatic carbocycles. The molecule has 0 aliphatic heterocycles. The third kappa shape index (κ3) is 6.48. The number of rotatable bonds is 8. The monoisotopic (exact) mass is 515 g/mol. The van der Waals surface area contributed by atoms with Gasteiger partial charge in [-0.15, -0.1) is 11.3 Å². The molecule has 0 saturated heterocycles. The summed E-state index contributed by atoms with van der Waals surface area (Å²) in [4.78, 5) is 21.2. The zero-order valence-corrected chi connectivity index (χ0v) is 20.4. The van der Waals surface area contributed by atoms with Crippen LogP contribution in [0.4, 0.5) is 5.69 Å². The number of phenolic OH excluding ortho intramolecular Hbond substituents is 1. The van der Waals surface area contributed by atoms with Crippen molar-refractivity contribution in [2.45, 2.75) is 10.8 Å². The van der Waals surface area contributed by atoms with Crippen molar-refractivity contribution in [1.29, 1.82) is 0 Å². The number of carbonyl (C=O) groups is 1. The Balaban J connectivity index is 1.34. The van der Waals surface area contributed by atoms with E-state index in [1.54, 1.807) is 6.07 Å². The number of hydrogen-bond acceptors (Lipinski definition) is 6. The number of aromatic hydroxyl groups is 1. The second-order valence-corrected chi connectivity index (χ2v) is 10.2. The number of thioether (sulfide) groups is 1. The number of aromatic nitrogens is 1. The van der Waals surface area contributed by atoms with E-state index in [4.69, 9.17) is 23.2 Å². The molecule has 33 heavy (non-hydrogen) atoms. The molecule has 0 saturated carbocycles. The fourth-order valence-electron chi connectivity index (χ4n) is 3.03. The average molecular weight is 516 g/mol. The first-order valence-electron chi connectivity index (χ1n) is 10.0. The zero-order valence-electron chi connectivity index (χ0n) is 17.3. The number of amides is 1. The van der Waals surface area contributed by atoms with Gasteiger partial charge in [0.15, 0.2) is 4.34 Å². The Morgan fingerprint density at radius 3 is 2.79 bits per heavy atom. The van der Waals surface area contributed by atoms with Crippen LogP contribution in [0.1, 0.15) is 11.1 Å². The van der Waals surface area contributed by atoms with Crippen LogP contribution in [-0.2, 0) is 11.2 Å². The number of hydrogen-bond donors (Lipinski definition) is 2. The number of phenols is 1. The van der Waals surface area contributed by atoms with E-state index in [1.165, 1.54) is 40.9 Å². The smallest absolute Gasteiger partial charge is 0.230 e. The highest BCUT2D eigenvalue weighted by molar-refractivity contribution is 8.01. The van der Waals surface area contributed by atoms with E-state index < -0.39 is 0 Å². The zero-order chi connectivity index (χ0) is 23.2. The Bertz CT molecular complexity index is 1310. The van der Waals surface area contributed by atoms with Gasteiger partial charge < -0.3 is 10.4 Å². The third-order valence-electron chi connectivity index (χ3n) is 4.67. The molecule has 5 nitrogen and oxygen atoms in total. The minimum absolute atomic E-state index is 0.0135. The van der Waals surface area contributed by atoms with E-state index in [-0.39, 0.29) is 16.7 Å². The van der Waals surface area contributed by atoms with Crippen molar-refractivity contribution >= 4 is 74.3 Å². The van der Waals surface area contributed by atoms with Crippen LogP contribution in [-0.4, -0.2) is 34.5 Å². The van der Waals surface area contributed by atoms with Crippen molar-refractivity contribution in [3.8, 4) is 5.75 Å². The molecule has 3 aromatic carbocycles. The molecule has 1 aromatic heterocycles. The van der Waals surface area contributed by atoms with Gasteiger partial charge in [-0.1, -0.05) is 65.3 Å². The molecular weight excluding hydrogens is 497 g/mol.